The second-order valence-corrected chi connectivity index (χ2v) is 4.53. The van der Waals surface area contributed by atoms with E-state index < -0.39 is 0 Å². The number of hydrogen-bond donors (Lipinski definition) is 1. The van der Waals surface area contributed by atoms with Gasteiger partial charge in [-0.3, -0.25) is 0 Å². The molecule has 68 valence electrons. The van der Waals surface area contributed by atoms with Gasteiger partial charge in [0.05, 0.1) is 10.7 Å². The van der Waals surface area contributed by atoms with Crippen LogP contribution in [0.4, 0.5) is 0 Å². The van der Waals surface area contributed by atoms with Crippen molar-refractivity contribution < 1.29 is 5.11 Å². The number of aliphatic hydroxyl groups excluding tert-OH is 1. The fourth-order valence-electron chi connectivity index (χ4n) is 0.989. The molecule has 0 bridgehead atoms. The highest BCUT2D eigenvalue weighted by molar-refractivity contribution is 7.11. The van der Waals surface area contributed by atoms with Crippen LogP contribution >= 0.6 is 11.3 Å². The number of rotatable bonds is 3. The predicted octanol–water partition coefficient (Wildman–Crippen LogP) is 1.93. The summed E-state index contributed by atoms with van der Waals surface area (Å²) in [5.74, 6) is 0.329. The topological polar surface area (TPSA) is 33.1 Å². The van der Waals surface area contributed by atoms with Gasteiger partial charge in [0.15, 0.2) is 0 Å². The Labute approximate surface area is 77.3 Å². The quantitative estimate of drug-likeness (QED) is 0.780. The molecule has 1 rings (SSSR count). The van der Waals surface area contributed by atoms with Gasteiger partial charge in [-0.1, -0.05) is 6.92 Å². The van der Waals surface area contributed by atoms with E-state index >= 15 is 0 Å². The molecule has 0 aliphatic rings. The highest BCUT2D eigenvalue weighted by atomic mass is 32.1. The van der Waals surface area contributed by atoms with E-state index in [4.69, 9.17) is 5.11 Å². The van der Waals surface area contributed by atoms with Crippen molar-refractivity contribution in [1.29, 1.82) is 0 Å². The molecule has 1 heterocycles. The number of nitrogens with zero attached hydrogens (tertiary/aromatic N) is 1. The van der Waals surface area contributed by atoms with E-state index in [2.05, 4.69) is 11.9 Å². The summed E-state index contributed by atoms with van der Waals surface area (Å²) in [5, 5.41) is 9.99. The summed E-state index contributed by atoms with van der Waals surface area (Å²) in [6, 6.07) is 0. The van der Waals surface area contributed by atoms with Crippen molar-refractivity contribution in [3.05, 3.63) is 15.6 Å². The fraction of sp³-hybridized carbons (Fsp3) is 0.667. The van der Waals surface area contributed by atoms with E-state index in [1.165, 1.54) is 4.88 Å². The zero-order valence-corrected chi connectivity index (χ0v) is 8.61. The molecule has 0 amide bonds. The third-order valence-corrected chi connectivity index (χ3v) is 3.00. The van der Waals surface area contributed by atoms with Crippen LogP contribution in [0.5, 0.6) is 0 Å². The van der Waals surface area contributed by atoms with Gasteiger partial charge in [-0.25, -0.2) is 4.98 Å². The minimum atomic E-state index is 0.248. The van der Waals surface area contributed by atoms with Gasteiger partial charge in [-0.05, 0) is 19.8 Å². The molecule has 0 saturated heterocycles. The van der Waals surface area contributed by atoms with Crippen LogP contribution in [0.1, 0.15) is 22.5 Å². The molecule has 1 aromatic rings. The van der Waals surface area contributed by atoms with Crippen LogP contribution in [0.2, 0.25) is 0 Å². The molecular formula is C9H15NOS. The van der Waals surface area contributed by atoms with Gasteiger partial charge in [-0.15, -0.1) is 11.3 Å². The first-order valence-corrected chi connectivity index (χ1v) is 4.99. The summed E-state index contributed by atoms with van der Waals surface area (Å²) in [4.78, 5) is 5.69. The van der Waals surface area contributed by atoms with E-state index in [-0.39, 0.29) is 6.61 Å². The Hall–Kier alpha value is -0.410. The van der Waals surface area contributed by atoms with E-state index in [9.17, 15) is 0 Å². The Kier molecular flexibility index (Phi) is 3.23. The van der Waals surface area contributed by atoms with Crippen molar-refractivity contribution in [2.45, 2.75) is 27.2 Å². The number of aromatic nitrogens is 1. The molecule has 0 saturated carbocycles. The van der Waals surface area contributed by atoms with Gasteiger partial charge in [0.25, 0.3) is 0 Å². The highest BCUT2D eigenvalue weighted by Gasteiger charge is 2.07. The first kappa shape index (κ1) is 9.68. The van der Waals surface area contributed by atoms with Crippen molar-refractivity contribution in [3.63, 3.8) is 0 Å². The average molecular weight is 185 g/mol. The number of aliphatic hydroxyl groups is 1. The molecule has 0 radical (unpaired) electrons. The monoisotopic (exact) mass is 185 g/mol. The molecule has 0 fully saturated rings. The first-order valence-electron chi connectivity index (χ1n) is 4.17. The summed E-state index contributed by atoms with van der Waals surface area (Å²) in [7, 11) is 0. The molecule has 0 spiro atoms. The second kappa shape index (κ2) is 4.01. The van der Waals surface area contributed by atoms with E-state index in [0.717, 1.165) is 17.1 Å². The summed E-state index contributed by atoms with van der Waals surface area (Å²) in [6.45, 7) is 6.39. The van der Waals surface area contributed by atoms with Crippen LogP contribution in [0.3, 0.4) is 0 Å². The van der Waals surface area contributed by atoms with Gasteiger partial charge in [0.2, 0.25) is 0 Å². The van der Waals surface area contributed by atoms with Crippen LogP contribution < -0.4 is 0 Å². The number of aryl methyl sites for hydroxylation is 2. The standard InChI is InChI=1S/C9H15NOS/c1-6(5-11)4-9-10-7(2)8(3)12-9/h6,11H,4-5H2,1-3H3. The summed E-state index contributed by atoms with van der Waals surface area (Å²) < 4.78 is 0. The lowest BCUT2D eigenvalue weighted by Crippen LogP contribution is -2.03. The molecule has 1 aromatic heterocycles. The van der Waals surface area contributed by atoms with Crippen LogP contribution in [-0.2, 0) is 6.42 Å². The van der Waals surface area contributed by atoms with Crippen molar-refractivity contribution >= 4 is 11.3 Å². The maximum atomic E-state index is 8.85. The third-order valence-electron chi connectivity index (χ3n) is 1.91. The van der Waals surface area contributed by atoms with Crippen molar-refractivity contribution in [3.8, 4) is 0 Å². The van der Waals surface area contributed by atoms with E-state index in [1.54, 1.807) is 11.3 Å². The van der Waals surface area contributed by atoms with E-state index in [0.29, 0.717) is 5.92 Å². The van der Waals surface area contributed by atoms with Crippen LogP contribution in [0, 0.1) is 19.8 Å². The lowest BCUT2D eigenvalue weighted by molar-refractivity contribution is 0.237. The van der Waals surface area contributed by atoms with Crippen molar-refractivity contribution in [1.82, 2.24) is 4.98 Å². The first-order chi connectivity index (χ1) is 5.63. The minimum absolute atomic E-state index is 0.248. The smallest absolute Gasteiger partial charge is 0.0934 e. The average Bonchev–Trinajstić information content (AvgIpc) is 2.31. The fourth-order valence-corrected chi connectivity index (χ4v) is 2.09. The maximum Gasteiger partial charge on any atom is 0.0934 e. The predicted molar refractivity (Wildman–Crippen MR) is 51.5 cm³/mol. The summed E-state index contributed by atoms with van der Waals surface area (Å²) in [6.07, 6.45) is 0.899. The SMILES string of the molecule is Cc1nc(CC(C)CO)sc1C. The van der Waals surface area contributed by atoms with Gasteiger partial charge in [0.1, 0.15) is 0 Å². The van der Waals surface area contributed by atoms with Crippen molar-refractivity contribution in [2.75, 3.05) is 6.61 Å². The molecule has 3 heteroatoms. The van der Waals surface area contributed by atoms with Gasteiger partial charge in [-0.2, -0.15) is 0 Å². The number of thiazole rings is 1. The molecule has 1 N–H and O–H groups in total. The Morgan fingerprint density at radius 2 is 2.17 bits per heavy atom. The molecule has 2 nitrogen and oxygen atoms in total. The molecular weight excluding hydrogens is 170 g/mol. The van der Waals surface area contributed by atoms with E-state index in [1.807, 2.05) is 13.8 Å². The lowest BCUT2D eigenvalue weighted by Gasteiger charge is -2.02. The Morgan fingerprint density at radius 3 is 2.58 bits per heavy atom. The Bertz CT molecular complexity index is 238. The molecule has 1 unspecified atom stereocenters. The molecule has 0 aliphatic carbocycles. The second-order valence-electron chi connectivity index (χ2n) is 3.24. The van der Waals surface area contributed by atoms with Crippen LogP contribution in [0.15, 0.2) is 0 Å². The van der Waals surface area contributed by atoms with Crippen LogP contribution in [0.25, 0.3) is 0 Å². The third kappa shape index (κ3) is 2.29. The highest BCUT2D eigenvalue weighted by Crippen LogP contribution is 2.19. The Balaban J connectivity index is 2.64. The van der Waals surface area contributed by atoms with Gasteiger partial charge < -0.3 is 5.11 Å². The number of hydrogen-bond acceptors (Lipinski definition) is 3. The maximum absolute atomic E-state index is 8.85. The summed E-state index contributed by atoms with van der Waals surface area (Å²) >= 11 is 1.74. The van der Waals surface area contributed by atoms with Gasteiger partial charge >= 0.3 is 0 Å². The molecule has 0 aliphatic heterocycles. The zero-order valence-electron chi connectivity index (χ0n) is 7.79. The molecule has 0 aromatic carbocycles. The Morgan fingerprint density at radius 1 is 1.50 bits per heavy atom. The van der Waals surface area contributed by atoms with Crippen LogP contribution in [-0.4, -0.2) is 16.7 Å². The molecule has 1 atom stereocenters. The normalized spacial score (nSPS) is 13.3. The largest absolute Gasteiger partial charge is 0.396 e. The van der Waals surface area contributed by atoms with Crippen molar-refractivity contribution in [2.24, 2.45) is 5.92 Å². The minimum Gasteiger partial charge on any atom is -0.396 e. The van der Waals surface area contributed by atoms with Gasteiger partial charge in [0, 0.05) is 17.9 Å². The summed E-state index contributed by atoms with van der Waals surface area (Å²) in [5.41, 5.74) is 1.13. The zero-order chi connectivity index (χ0) is 9.14. The lowest BCUT2D eigenvalue weighted by atomic mass is 10.1. The molecule has 12 heavy (non-hydrogen) atoms.